The number of nitrogens with zero attached hydrogens (tertiary/aromatic N) is 4. The van der Waals surface area contributed by atoms with E-state index in [0.717, 1.165) is 11.1 Å². The molecule has 400 valence electrons. The molecule has 2 aliphatic heterocycles. The first-order valence-corrected chi connectivity index (χ1v) is 24.2. The van der Waals surface area contributed by atoms with Crippen molar-refractivity contribution in [2.24, 2.45) is 0 Å². The number of halogens is 6. The van der Waals surface area contributed by atoms with E-state index in [9.17, 15) is 55.1 Å². The predicted octanol–water partition coefficient (Wildman–Crippen LogP) is 2.85. The zero-order valence-corrected chi connectivity index (χ0v) is 41.7. The Morgan fingerprint density at radius 2 is 1.10 bits per heavy atom. The molecule has 73 heavy (non-hydrogen) atoms. The van der Waals surface area contributed by atoms with Crippen LogP contribution in [0.2, 0.25) is 0 Å². The van der Waals surface area contributed by atoms with Crippen molar-refractivity contribution in [3.05, 3.63) is 71.8 Å². The van der Waals surface area contributed by atoms with Crippen molar-refractivity contribution in [2.75, 3.05) is 73.2 Å². The largest absolute Gasteiger partial charge is 0.471 e. The van der Waals surface area contributed by atoms with Crippen LogP contribution in [0.1, 0.15) is 57.6 Å². The number of nitrogens with one attached hydrogen (secondary N) is 4. The molecule has 6 amide bonds. The molecule has 2 aromatic rings. The number of alkyl halides is 6. The summed E-state index contributed by atoms with van der Waals surface area (Å²) in [5.74, 6) is 4.18. The lowest BCUT2D eigenvalue weighted by atomic mass is 10.1. The monoisotopic (exact) mass is 1030 g/mol. The van der Waals surface area contributed by atoms with Crippen LogP contribution in [-0.2, 0) is 51.1 Å². The first-order chi connectivity index (χ1) is 34.7. The molecule has 2 fully saturated rings. The highest BCUT2D eigenvalue weighted by Gasteiger charge is 2.46. The van der Waals surface area contributed by atoms with Gasteiger partial charge in [0.05, 0.1) is 24.8 Å². The van der Waals surface area contributed by atoms with Crippen LogP contribution in [0, 0.1) is 23.7 Å². The van der Waals surface area contributed by atoms with E-state index in [4.69, 9.17) is 9.47 Å². The van der Waals surface area contributed by atoms with Crippen molar-refractivity contribution >= 4 is 35.4 Å². The topological polar surface area (TPSA) is 182 Å². The SMILES string of the molecule is CN[C@@H](C)C(=O)N[C@@H](COCC#CC#CCOC(C)[C@H](NC(=O)[C@H](C)NC)C(=O)N1CCC[C@H]1CN(CCc1ccccc1)C(=O)C(F)(F)F)C(=O)N1CCCC1CN(CCc1ccccc1)C(=O)C(F)(F)F. The van der Waals surface area contributed by atoms with E-state index in [1.54, 1.807) is 88.6 Å². The number of amides is 6. The van der Waals surface area contributed by atoms with Crippen LogP contribution in [0.15, 0.2) is 60.7 Å². The minimum Gasteiger partial charge on any atom is -0.366 e. The molecule has 2 aromatic carbocycles. The third-order valence-electron chi connectivity index (χ3n) is 12.7. The van der Waals surface area contributed by atoms with Crippen LogP contribution in [-0.4, -0.2) is 183 Å². The molecule has 2 saturated heterocycles. The van der Waals surface area contributed by atoms with Crippen LogP contribution >= 0.6 is 0 Å². The van der Waals surface area contributed by atoms with Crippen LogP contribution < -0.4 is 21.3 Å². The first kappa shape index (κ1) is 59.4. The predicted molar refractivity (Wildman–Crippen MR) is 258 cm³/mol. The number of likely N-dealkylation sites (tertiary alicyclic amines) is 2. The minimum absolute atomic E-state index is 0.160. The van der Waals surface area contributed by atoms with E-state index < -0.39 is 90.2 Å². The number of likely N-dealkylation sites (N-methyl/N-ethyl adjacent to an activating group) is 2. The Morgan fingerprint density at radius 3 is 1.55 bits per heavy atom. The summed E-state index contributed by atoms with van der Waals surface area (Å²) in [4.78, 5) is 83.5. The maximum absolute atomic E-state index is 14.2. The van der Waals surface area contributed by atoms with Crippen molar-refractivity contribution in [1.29, 1.82) is 0 Å². The zero-order chi connectivity index (χ0) is 53.7. The van der Waals surface area contributed by atoms with Gasteiger partial charge in [-0.1, -0.05) is 72.5 Å². The summed E-state index contributed by atoms with van der Waals surface area (Å²) in [5, 5.41) is 10.9. The summed E-state index contributed by atoms with van der Waals surface area (Å²) < 4.78 is 94.0. The van der Waals surface area contributed by atoms with Gasteiger partial charge in [-0.05, 0) is 96.4 Å². The fraction of sp³-hybridized carbons (Fsp3) is 0.569. The molecule has 7 atom stereocenters. The van der Waals surface area contributed by atoms with Crippen molar-refractivity contribution in [2.45, 2.75) is 114 Å². The van der Waals surface area contributed by atoms with Gasteiger partial charge >= 0.3 is 24.2 Å². The normalized spacial score (nSPS) is 17.7. The second-order valence-corrected chi connectivity index (χ2v) is 17.8. The number of benzene rings is 2. The van der Waals surface area contributed by atoms with Gasteiger partial charge in [-0.3, -0.25) is 28.8 Å². The number of hydrogen-bond donors (Lipinski definition) is 4. The molecule has 0 saturated carbocycles. The number of rotatable bonds is 24. The summed E-state index contributed by atoms with van der Waals surface area (Å²) in [6, 6.07) is 11.9. The smallest absolute Gasteiger partial charge is 0.366 e. The maximum atomic E-state index is 14.2. The number of ether oxygens (including phenoxy) is 2. The first-order valence-electron chi connectivity index (χ1n) is 24.2. The van der Waals surface area contributed by atoms with E-state index in [1.807, 2.05) is 0 Å². The Balaban J connectivity index is 1.39. The van der Waals surface area contributed by atoms with Crippen LogP contribution in [0.5, 0.6) is 0 Å². The summed E-state index contributed by atoms with van der Waals surface area (Å²) in [6.45, 7) is 2.92. The highest BCUT2D eigenvalue weighted by Crippen LogP contribution is 2.26. The maximum Gasteiger partial charge on any atom is 0.471 e. The summed E-state index contributed by atoms with van der Waals surface area (Å²) >= 11 is 0. The molecule has 4 rings (SSSR count). The lowest BCUT2D eigenvalue weighted by molar-refractivity contribution is -0.186. The second kappa shape index (κ2) is 28.9. The Kier molecular flexibility index (Phi) is 23.5. The van der Waals surface area contributed by atoms with E-state index >= 15 is 0 Å². The highest BCUT2D eigenvalue weighted by atomic mass is 19.4. The van der Waals surface area contributed by atoms with Gasteiger partial charge in [0.2, 0.25) is 23.6 Å². The van der Waals surface area contributed by atoms with Gasteiger partial charge in [-0.2, -0.15) is 26.3 Å². The molecule has 4 N–H and O–H groups in total. The second-order valence-electron chi connectivity index (χ2n) is 17.8. The number of carbonyl (C=O) groups excluding carboxylic acids is 6. The third-order valence-corrected chi connectivity index (χ3v) is 12.7. The number of hydrogen-bond acceptors (Lipinski definition) is 10. The molecule has 0 bridgehead atoms. The van der Waals surface area contributed by atoms with Gasteiger partial charge in [0.15, 0.2) is 0 Å². The van der Waals surface area contributed by atoms with Crippen LogP contribution in [0.25, 0.3) is 0 Å². The molecule has 16 nitrogen and oxygen atoms in total. The summed E-state index contributed by atoms with van der Waals surface area (Å²) in [5.41, 5.74) is 1.47. The van der Waals surface area contributed by atoms with Crippen molar-refractivity contribution in [3.63, 3.8) is 0 Å². The Bertz CT molecular complexity index is 2270. The molecular weight excluding hydrogens is 967 g/mol. The van der Waals surface area contributed by atoms with Crippen molar-refractivity contribution in [3.8, 4) is 23.7 Å². The minimum atomic E-state index is -5.14. The standard InChI is InChI=1S/C51H66F6N8O8/c1-35(58-4)44(66)60-42(46(68)64-26-16-22-40(64)32-62(48(70)50(52,53)54)28-24-38-18-10-8-11-19-38)34-72-30-14-6-7-15-31-73-37(3)43(61-45(67)36(2)59-5)47(69)65-27-17-23-41(65)33-63(49(71)51(55,56)57)29-25-39-20-12-9-13-21-39/h8-13,18-21,35-37,40-43,58-59H,16-17,22-34H2,1-5H3,(H,60,66)(H,61,67)/t35-,36-,37?,40?,41-,42-,43-/m0/s1. The molecule has 0 aromatic heterocycles. The third kappa shape index (κ3) is 18.7. The van der Waals surface area contributed by atoms with E-state index in [-0.39, 0.29) is 71.9 Å². The van der Waals surface area contributed by atoms with E-state index in [1.165, 1.54) is 16.7 Å². The molecule has 0 aliphatic carbocycles. The quantitative estimate of drug-likeness (QED) is 0.0694. The molecule has 2 aliphatic rings. The fourth-order valence-corrected chi connectivity index (χ4v) is 8.30. The van der Waals surface area contributed by atoms with Gasteiger partial charge in [-0.25, -0.2) is 0 Å². The fourth-order valence-electron chi connectivity index (χ4n) is 8.30. The van der Waals surface area contributed by atoms with E-state index in [0.29, 0.717) is 35.5 Å². The Morgan fingerprint density at radius 1 is 0.658 bits per heavy atom. The Labute approximate surface area is 422 Å². The molecular formula is C51H66F6N8O8. The van der Waals surface area contributed by atoms with Crippen LogP contribution in [0.3, 0.4) is 0 Å². The molecule has 2 unspecified atom stereocenters. The summed E-state index contributed by atoms with van der Waals surface area (Å²) in [6.07, 6.45) is -9.39. The molecule has 2 heterocycles. The van der Waals surface area contributed by atoms with Gasteiger partial charge < -0.3 is 50.3 Å². The number of carbonyl (C=O) groups is 6. The average Bonchev–Trinajstić information content (AvgIpc) is 4.05. The van der Waals surface area contributed by atoms with Crippen molar-refractivity contribution in [1.82, 2.24) is 40.9 Å². The highest BCUT2D eigenvalue weighted by molar-refractivity contribution is 5.91. The Hall–Kier alpha value is -6.20. The van der Waals surface area contributed by atoms with Gasteiger partial charge in [0, 0.05) is 51.4 Å². The molecule has 22 heteroatoms. The van der Waals surface area contributed by atoms with Gasteiger partial charge in [-0.15, -0.1) is 0 Å². The average molecular weight is 1030 g/mol. The van der Waals surface area contributed by atoms with Crippen molar-refractivity contribution < 1.29 is 64.6 Å². The lowest BCUT2D eigenvalue weighted by Crippen LogP contribution is -2.59. The van der Waals surface area contributed by atoms with Gasteiger partial charge in [0.1, 0.15) is 25.3 Å². The lowest BCUT2D eigenvalue weighted by Gasteiger charge is -2.35. The van der Waals surface area contributed by atoms with Gasteiger partial charge in [0.25, 0.3) is 0 Å². The molecule has 0 spiro atoms. The van der Waals surface area contributed by atoms with Crippen LogP contribution in [0.4, 0.5) is 26.3 Å². The zero-order valence-electron chi connectivity index (χ0n) is 41.7. The van der Waals surface area contributed by atoms with E-state index in [2.05, 4.69) is 44.9 Å². The molecule has 0 radical (unpaired) electrons. The summed E-state index contributed by atoms with van der Waals surface area (Å²) in [7, 11) is 3.09.